The number of rotatable bonds is 4. The summed E-state index contributed by atoms with van der Waals surface area (Å²) in [6.07, 6.45) is 2.66. The molecular formula is C21H24N2O2. The summed E-state index contributed by atoms with van der Waals surface area (Å²) in [6, 6.07) is 13.6. The quantitative estimate of drug-likeness (QED) is 0.657. The van der Waals surface area contributed by atoms with Gasteiger partial charge in [-0.25, -0.2) is 0 Å². The number of carbonyl (C=O) groups excluding carboxylic acids is 1. The lowest BCUT2D eigenvalue weighted by atomic mass is 10.0. The highest BCUT2D eigenvalue weighted by molar-refractivity contribution is 6.10. The summed E-state index contributed by atoms with van der Waals surface area (Å²) in [7, 11) is 0. The Kier molecular flexibility index (Phi) is 4.79. The van der Waals surface area contributed by atoms with Crippen LogP contribution in [0.4, 0.5) is 11.4 Å². The highest BCUT2D eigenvalue weighted by Gasteiger charge is 2.29. The molecule has 1 aliphatic heterocycles. The van der Waals surface area contributed by atoms with Crippen LogP contribution in [0, 0.1) is 0 Å². The van der Waals surface area contributed by atoms with Gasteiger partial charge in [0, 0.05) is 18.3 Å². The lowest BCUT2D eigenvalue weighted by molar-refractivity contribution is -0.117. The van der Waals surface area contributed by atoms with Crippen molar-refractivity contribution < 1.29 is 9.53 Å². The molecule has 1 amide bonds. The molecule has 2 aromatic rings. The van der Waals surface area contributed by atoms with Crippen LogP contribution in [0.15, 0.2) is 48.2 Å². The fourth-order valence-electron chi connectivity index (χ4n) is 2.91. The van der Waals surface area contributed by atoms with Crippen LogP contribution in [0.3, 0.4) is 0 Å². The van der Waals surface area contributed by atoms with E-state index in [9.17, 15) is 4.79 Å². The second-order valence-corrected chi connectivity index (χ2v) is 6.62. The number of nitrogens with two attached hydrogens (primary N) is 1. The van der Waals surface area contributed by atoms with Crippen LogP contribution in [0.1, 0.15) is 44.2 Å². The number of ether oxygens (including phenoxy) is 1. The van der Waals surface area contributed by atoms with E-state index in [0.29, 0.717) is 29.7 Å². The standard InChI is InChI=1S/C21H24N2O2/c1-4-11-23-18-10-9-17(22)13-19(18)25-20(21(23)24)12-15-5-7-16(8-6-15)14(2)3/h5-10,12-14H,4,11,22H2,1-3H3/b20-12+. The maximum absolute atomic E-state index is 12.8. The number of nitrogens with zero attached hydrogens (tertiary/aromatic N) is 1. The SMILES string of the molecule is CCCN1C(=O)/C(=C\c2ccc(C(C)C)cc2)Oc2cc(N)ccc21. The maximum atomic E-state index is 12.8. The first-order valence-electron chi connectivity index (χ1n) is 8.70. The molecule has 25 heavy (non-hydrogen) atoms. The molecular weight excluding hydrogens is 312 g/mol. The van der Waals surface area contributed by atoms with Gasteiger partial charge in [-0.3, -0.25) is 4.79 Å². The van der Waals surface area contributed by atoms with Gasteiger partial charge in [-0.15, -0.1) is 0 Å². The van der Waals surface area contributed by atoms with Crippen molar-refractivity contribution in [3.63, 3.8) is 0 Å². The Balaban J connectivity index is 1.97. The molecule has 0 saturated carbocycles. The van der Waals surface area contributed by atoms with Gasteiger partial charge in [0.15, 0.2) is 11.5 Å². The van der Waals surface area contributed by atoms with Gasteiger partial charge >= 0.3 is 0 Å². The largest absolute Gasteiger partial charge is 0.449 e. The third kappa shape index (κ3) is 3.53. The molecule has 0 unspecified atom stereocenters. The zero-order chi connectivity index (χ0) is 18.0. The molecule has 0 atom stereocenters. The first kappa shape index (κ1) is 17.1. The Bertz CT molecular complexity index is 807. The molecule has 2 N–H and O–H groups in total. The number of fused-ring (bicyclic) bond motifs is 1. The molecule has 0 aromatic heterocycles. The number of benzene rings is 2. The van der Waals surface area contributed by atoms with Gasteiger partial charge in [0.1, 0.15) is 0 Å². The van der Waals surface area contributed by atoms with E-state index in [-0.39, 0.29) is 5.91 Å². The van der Waals surface area contributed by atoms with E-state index < -0.39 is 0 Å². The predicted octanol–water partition coefficient (Wildman–Crippen LogP) is 4.57. The summed E-state index contributed by atoms with van der Waals surface area (Å²) in [5.41, 5.74) is 9.47. The zero-order valence-corrected chi connectivity index (χ0v) is 15.0. The second-order valence-electron chi connectivity index (χ2n) is 6.62. The number of nitrogen functional groups attached to an aromatic ring is 1. The number of amides is 1. The minimum absolute atomic E-state index is 0.118. The third-order valence-corrected chi connectivity index (χ3v) is 4.30. The summed E-state index contributed by atoms with van der Waals surface area (Å²) < 4.78 is 5.87. The molecule has 0 spiro atoms. The monoisotopic (exact) mass is 336 g/mol. The summed E-state index contributed by atoms with van der Waals surface area (Å²) in [5.74, 6) is 1.30. The van der Waals surface area contributed by atoms with Gasteiger partial charge in [-0.05, 0) is 41.7 Å². The molecule has 0 radical (unpaired) electrons. The molecule has 3 rings (SSSR count). The van der Waals surface area contributed by atoms with Gasteiger partial charge < -0.3 is 15.4 Å². The van der Waals surface area contributed by atoms with E-state index in [4.69, 9.17) is 10.5 Å². The molecule has 0 fully saturated rings. The van der Waals surface area contributed by atoms with Crippen LogP contribution in [0.2, 0.25) is 0 Å². The Morgan fingerprint density at radius 2 is 1.88 bits per heavy atom. The summed E-state index contributed by atoms with van der Waals surface area (Å²) in [4.78, 5) is 14.6. The van der Waals surface area contributed by atoms with Gasteiger partial charge in [-0.1, -0.05) is 45.0 Å². The highest BCUT2D eigenvalue weighted by atomic mass is 16.5. The number of hydrogen-bond donors (Lipinski definition) is 1. The molecule has 0 bridgehead atoms. The molecule has 1 heterocycles. The summed E-state index contributed by atoms with van der Waals surface area (Å²) >= 11 is 0. The average molecular weight is 336 g/mol. The lowest BCUT2D eigenvalue weighted by Gasteiger charge is -2.30. The van der Waals surface area contributed by atoms with Gasteiger partial charge in [0.25, 0.3) is 5.91 Å². The second kappa shape index (κ2) is 7.01. The first-order valence-corrected chi connectivity index (χ1v) is 8.70. The Hall–Kier alpha value is -2.75. The van der Waals surface area contributed by atoms with E-state index in [1.54, 1.807) is 23.1 Å². The fraction of sp³-hybridized carbons (Fsp3) is 0.286. The summed E-state index contributed by atoms with van der Waals surface area (Å²) in [5, 5.41) is 0. The minimum Gasteiger partial charge on any atom is -0.449 e. The van der Waals surface area contributed by atoms with Crippen molar-refractivity contribution >= 4 is 23.4 Å². The Labute approximate surface area is 148 Å². The number of hydrogen-bond acceptors (Lipinski definition) is 3. The van der Waals surface area contributed by atoms with Crippen LogP contribution in [0.25, 0.3) is 6.08 Å². The van der Waals surface area contributed by atoms with Crippen LogP contribution in [-0.4, -0.2) is 12.5 Å². The van der Waals surface area contributed by atoms with Crippen molar-refractivity contribution in [3.05, 3.63) is 59.4 Å². The molecule has 4 nitrogen and oxygen atoms in total. The van der Waals surface area contributed by atoms with Crippen LogP contribution in [-0.2, 0) is 4.79 Å². The summed E-state index contributed by atoms with van der Waals surface area (Å²) in [6.45, 7) is 7.01. The number of carbonyl (C=O) groups is 1. The van der Waals surface area contributed by atoms with Gasteiger partial charge in [-0.2, -0.15) is 0 Å². The van der Waals surface area contributed by atoms with E-state index >= 15 is 0 Å². The van der Waals surface area contributed by atoms with Crippen molar-refractivity contribution in [2.24, 2.45) is 0 Å². The molecule has 0 saturated heterocycles. The van der Waals surface area contributed by atoms with Crippen LogP contribution < -0.4 is 15.4 Å². The molecule has 4 heteroatoms. The molecule has 1 aliphatic rings. The van der Waals surface area contributed by atoms with Crippen molar-refractivity contribution in [1.82, 2.24) is 0 Å². The van der Waals surface area contributed by atoms with E-state index in [1.165, 1.54) is 5.56 Å². The van der Waals surface area contributed by atoms with Crippen molar-refractivity contribution in [3.8, 4) is 5.75 Å². The normalized spacial score (nSPS) is 15.4. The smallest absolute Gasteiger partial charge is 0.294 e. The fourth-order valence-corrected chi connectivity index (χ4v) is 2.91. The molecule has 0 aliphatic carbocycles. The van der Waals surface area contributed by atoms with Crippen LogP contribution >= 0.6 is 0 Å². The highest BCUT2D eigenvalue weighted by Crippen LogP contribution is 2.37. The Morgan fingerprint density at radius 1 is 1.16 bits per heavy atom. The lowest BCUT2D eigenvalue weighted by Crippen LogP contribution is -2.37. The number of anilines is 2. The minimum atomic E-state index is -0.118. The third-order valence-electron chi connectivity index (χ3n) is 4.30. The first-order chi connectivity index (χ1) is 12.0. The topological polar surface area (TPSA) is 55.6 Å². The van der Waals surface area contributed by atoms with E-state index in [2.05, 4.69) is 26.0 Å². The van der Waals surface area contributed by atoms with E-state index in [0.717, 1.165) is 17.7 Å². The average Bonchev–Trinajstić information content (AvgIpc) is 2.59. The molecule has 2 aromatic carbocycles. The van der Waals surface area contributed by atoms with Crippen molar-refractivity contribution in [2.45, 2.75) is 33.1 Å². The molecule has 130 valence electrons. The van der Waals surface area contributed by atoms with Crippen molar-refractivity contribution in [1.29, 1.82) is 0 Å². The van der Waals surface area contributed by atoms with Crippen molar-refractivity contribution in [2.75, 3.05) is 17.2 Å². The van der Waals surface area contributed by atoms with Crippen LogP contribution in [0.5, 0.6) is 5.75 Å². The van der Waals surface area contributed by atoms with Gasteiger partial charge in [0.05, 0.1) is 5.69 Å². The Morgan fingerprint density at radius 3 is 2.52 bits per heavy atom. The maximum Gasteiger partial charge on any atom is 0.294 e. The van der Waals surface area contributed by atoms with Gasteiger partial charge in [0.2, 0.25) is 0 Å². The predicted molar refractivity (Wildman–Crippen MR) is 103 cm³/mol. The zero-order valence-electron chi connectivity index (χ0n) is 15.0. The van der Waals surface area contributed by atoms with E-state index in [1.807, 2.05) is 25.1 Å².